The third kappa shape index (κ3) is 4.17. The maximum absolute atomic E-state index is 12.5. The summed E-state index contributed by atoms with van der Waals surface area (Å²) in [4.78, 5) is 23.6. The van der Waals surface area contributed by atoms with Gasteiger partial charge in [0.1, 0.15) is 5.82 Å². The Morgan fingerprint density at radius 2 is 2.00 bits per heavy atom. The van der Waals surface area contributed by atoms with E-state index >= 15 is 0 Å². The Hall–Kier alpha value is -2.71. The summed E-state index contributed by atoms with van der Waals surface area (Å²) in [6, 6.07) is 9.19. The SMILES string of the molecule is Nc1cc(-c2cccc(C(=O)N[C@H]3CCOC3)c2)nc(N2CCOCC2)n1. The first-order valence-electron chi connectivity index (χ1n) is 9.15. The number of hydrogen-bond donors (Lipinski definition) is 2. The van der Waals surface area contributed by atoms with Crippen LogP contribution in [-0.4, -0.2) is 61.4 Å². The average molecular weight is 369 g/mol. The molecule has 1 aromatic heterocycles. The zero-order valence-corrected chi connectivity index (χ0v) is 15.1. The maximum Gasteiger partial charge on any atom is 0.251 e. The monoisotopic (exact) mass is 369 g/mol. The summed E-state index contributed by atoms with van der Waals surface area (Å²) in [6.45, 7) is 4.01. The Morgan fingerprint density at radius 1 is 1.15 bits per heavy atom. The molecule has 8 nitrogen and oxygen atoms in total. The minimum atomic E-state index is -0.109. The van der Waals surface area contributed by atoms with E-state index in [2.05, 4.69) is 20.2 Å². The van der Waals surface area contributed by atoms with Crippen molar-refractivity contribution in [2.24, 2.45) is 0 Å². The van der Waals surface area contributed by atoms with Crippen LogP contribution in [-0.2, 0) is 9.47 Å². The quantitative estimate of drug-likeness (QED) is 0.831. The average Bonchev–Trinajstić information content (AvgIpc) is 3.21. The zero-order valence-electron chi connectivity index (χ0n) is 15.1. The second kappa shape index (κ2) is 7.89. The number of nitrogens with two attached hydrogens (primary N) is 1. The van der Waals surface area contributed by atoms with E-state index in [0.29, 0.717) is 49.5 Å². The van der Waals surface area contributed by atoms with Crippen LogP contribution < -0.4 is 16.0 Å². The molecule has 0 aliphatic carbocycles. The molecule has 3 heterocycles. The highest BCUT2D eigenvalue weighted by Gasteiger charge is 2.19. The molecule has 1 aromatic carbocycles. The summed E-state index contributed by atoms with van der Waals surface area (Å²) in [5.74, 6) is 0.883. The van der Waals surface area contributed by atoms with Gasteiger partial charge < -0.3 is 25.4 Å². The summed E-state index contributed by atoms with van der Waals surface area (Å²) in [7, 11) is 0. The normalized spacial score (nSPS) is 19.9. The van der Waals surface area contributed by atoms with Gasteiger partial charge in [0.2, 0.25) is 5.95 Å². The Bertz CT molecular complexity index is 817. The molecule has 0 spiro atoms. The molecule has 3 N–H and O–H groups in total. The van der Waals surface area contributed by atoms with Crippen molar-refractivity contribution in [3.05, 3.63) is 35.9 Å². The first kappa shape index (κ1) is 17.7. The van der Waals surface area contributed by atoms with Crippen LogP contribution in [0.25, 0.3) is 11.3 Å². The van der Waals surface area contributed by atoms with Crippen LogP contribution in [0, 0.1) is 0 Å². The van der Waals surface area contributed by atoms with E-state index in [0.717, 1.165) is 25.1 Å². The molecule has 2 saturated heterocycles. The number of anilines is 2. The fourth-order valence-electron chi connectivity index (χ4n) is 3.24. The smallest absolute Gasteiger partial charge is 0.251 e. The van der Waals surface area contributed by atoms with E-state index in [4.69, 9.17) is 15.2 Å². The molecule has 8 heteroatoms. The number of benzene rings is 1. The number of hydrogen-bond acceptors (Lipinski definition) is 7. The Kier molecular flexibility index (Phi) is 5.17. The van der Waals surface area contributed by atoms with Gasteiger partial charge in [-0.3, -0.25) is 4.79 Å². The molecule has 0 bridgehead atoms. The van der Waals surface area contributed by atoms with Crippen LogP contribution in [0.15, 0.2) is 30.3 Å². The molecule has 1 amide bonds. The van der Waals surface area contributed by atoms with Gasteiger partial charge in [0.25, 0.3) is 5.91 Å². The summed E-state index contributed by atoms with van der Waals surface area (Å²) in [5.41, 5.74) is 8.12. The molecule has 27 heavy (non-hydrogen) atoms. The lowest BCUT2D eigenvalue weighted by Crippen LogP contribution is -2.37. The van der Waals surface area contributed by atoms with Crippen molar-refractivity contribution in [1.82, 2.24) is 15.3 Å². The minimum Gasteiger partial charge on any atom is -0.384 e. The second-order valence-electron chi connectivity index (χ2n) is 6.69. The Morgan fingerprint density at radius 3 is 2.78 bits per heavy atom. The van der Waals surface area contributed by atoms with Crippen LogP contribution in [0.1, 0.15) is 16.8 Å². The number of nitrogens with zero attached hydrogens (tertiary/aromatic N) is 3. The van der Waals surface area contributed by atoms with Gasteiger partial charge in [-0.25, -0.2) is 4.98 Å². The lowest BCUT2D eigenvalue weighted by Gasteiger charge is -2.27. The topological polar surface area (TPSA) is 103 Å². The number of morpholine rings is 1. The maximum atomic E-state index is 12.5. The molecule has 2 aliphatic rings. The number of carbonyl (C=O) groups excluding carboxylic acids is 1. The van der Waals surface area contributed by atoms with Gasteiger partial charge in [-0.2, -0.15) is 4.98 Å². The van der Waals surface area contributed by atoms with Gasteiger partial charge in [0, 0.05) is 36.9 Å². The number of amides is 1. The van der Waals surface area contributed by atoms with Crippen molar-refractivity contribution in [1.29, 1.82) is 0 Å². The highest BCUT2D eigenvalue weighted by atomic mass is 16.5. The van der Waals surface area contributed by atoms with Gasteiger partial charge in [-0.15, -0.1) is 0 Å². The summed E-state index contributed by atoms with van der Waals surface area (Å²) >= 11 is 0. The van der Waals surface area contributed by atoms with Crippen LogP contribution in [0.2, 0.25) is 0 Å². The van der Waals surface area contributed by atoms with Crippen molar-refractivity contribution in [2.75, 3.05) is 50.2 Å². The Labute approximate surface area is 157 Å². The third-order valence-corrected chi connectivity index (χ3v) is 4.71. The minimum absolute atomic E-state index is 0.0729. The first-order valence-corrected chi connectivity index (χ1v) is 9.15. The number of aromatic nitrogens is 2. The highest BCUT2D eigenvalue weighted by Crippen LogP contribution is 2.23. The van der Waals surface area contributed by atoms with E-state index in [9.17, 15) is 4.79 Å². The van der Waals surface area contributed by atoms with Crippen LogP contribution in [0.5, 0.6) is 0 Å². The van der Waals surface area contributed by atoms with E-state index in [1.54, 1.807) is 12.1 Å². The molecule has 0 radical (unpaired) electrons. The van der Waals surface area contributed by atoms with Crippen LogP contribution in [0.3, 0.4) is 0 Å². The lowest BCUT2D eigenvalue weighted by molar-refractivity contribution is 0.0930. The molecule has 1 atom stereocenters. The van der Waals surface area contributed by atoms with Crippen molar-refractivity contribution in [2.45, 2.75) is 12.5 Å². The van der Waals surface area contributed by atoms with Gasteiger partial charge in [0.15, 0.2) is 0 Å². The largest absolute Gasteiger partial charge is 0.384 e. The molecule has 142 valence electrons. The van der Waals surface area contributed by atoms with Gasteiger partial charge in [-0.05, 0) is 18.6 Å². The number of ether oxygens (including phenoxy) is 2. The third-order valence-electron chi connectivity index (χ3n) is 4.71. The fraction of sp³-hybridized carbons (Fsp3) is 0.421. The van der Waals surface area contributed by atoms with E-state index in [-0.39, 0.29) is 11.9 Å². The first-order chi connectivity index (χ1) is 13.2. The standard InChI is InChI=1S/C19H23N5O3/c20-17-11-16(22-19(23-17)24-5-8-26-9-6-24)13-2-1-3-14(10-13)18(25)21-15-4-7-27-12-15/h1-3,10-11,15H,4-9,12H2,(H,21,25)(H2,20,22,23)/t15-/m0/s1. The Balaban J connectivity index is 1.57. The second-order valence-corrected chi connectivity index (χ2v) is 6.69. The molecule has 4 rings (SSSR count). The fourth-order valence-corrected chi connectivity index (χ4v) is 3.24. The molecule has 2 fully saturated rings. The van der Waals surface area contributed by atoms with E-state index < -0.39 is 0 Å². The summed E-state index contributed by atoms with van der Waals surface area (Å²) in [5, 5.41) is 3.00. The summed E-state index contributed by atoms with van der Waals surface area (Å²) < 4.78 is 10.7. The number of rotatable bonds is 4. The predicted molar refractivity (Wildman–Crippen MR) is 102 cm³/mol. The van der Waals surface area contributed by atoms with Crippen LogP contribution in [0.4, 0.5) is 11.8 Å². The number of carbonyl (C=O) groups is 1. The molecular formula is C19H23N5O3. The zero-order chi connectivity index (χ0) is 18.6. The summed E-state index contributed by atoms with van der Waals surface area (Å²) in [6.07, 6.45) is 0.844. The van der Waals surface area contributed by atoms with Crippen LogP contribution >= 0.6 is 0 Å². The van der Waals surface area contributed by atoms with Crippen molar-refractivity contribution >= 4 is 17.7 Å². The van der Waals surface area contributed by atoms with Crippen molar-refractivity contribution in [3.8, 4) is 11.3 Å². The van der Waals surface area contributed by atoms with E-state index in [1.807, 2.05) is 18.2 Å². The van der Waals surface area contributed by atoms with Crippen molar-refractivity contribution in [3.63, 3.8) is 0 Å². The van der Waals surface area contributed by atoms with E-state index in [1.165, 1.54) is 0 Å². The predicted octanol–water partition coefficient (Wildman–Crippen LogP) is 1.08. The molecular weight excluding hydrogens is 346 g/mol. The lowest BCUT2D eigenvalue weighted by atomic mass is 10.1. The van der Waals surface area contributed by atoms with Gasteiger partial charge in [-0.1, -0.05) is 12.1 Å². The molecule has 2 aromatic rings. The number of nitrogen functional groups attached to an aromatic ring is 1. The molecule has 0 saturated carbocycles. The van der Waals surface area contributed by atoms with Gasteiger partial charge >= 0.3 is 0 Å². The highest BCUT2D eigenvalue weighted by molar-refractivity contribution is 5.95. The molecule has 0 unspecified atom stereocenters. The van der Waals surface area contributed by atoms with Gasteiger partial charge in [0.05, 0.1) is 31.6 Å². The van der Waals surface area contributed by atoms with Crippen molar-refractivity contribution < 1.29 is 14.3 Å². The number of nitrogens with one attached hydrogen (secondary N) is 1. The molecule has 2 aliphatic heterocycles.